The van der Waals surface area contributed by atoms with E-state index >= 15 is 0 Å². The number of carbonyl (C=O) groups excluding carboxylic acids is 3. The van der Waals surface area contributed by atoms with Gasteiger partial charge in [-0.25, -0.2) is 0 Å². The van der Waals surface area contributed by atoms with Crippen LogP contribution in [0.2, 0.25) is 0 Å². The Bertz CT molecular complexity index is 718. The van der Waals surface area contributed by atoms with Crippen molar-refractivity contribution >= 4 is 17.7 Å². The summed E-state index contributed by atoms with van der Waals surface area (Å²) in [4.78, 5) is 35.2. The van der Waals surface area contributed by atoms with Gasteiger partial charge in [0.25, 0.3) is 0 Å². The SMILES string of the molecule is O=C(CNC(=O)Cc1ccccc1)NCCNC(=O)Cc1ccccc1. The topological polar surface area (TPSA) is 87.3 Å². The Kier molecular flexibility index (Phi) is 7.86. The van der Waals surface area contributed by atoms with Crippen LogP contribution in [0.4, 0.5) is 0 Å². The molecule has 0 fully saturated rings. The second-order valence-electron chi connectivity index (χ2n) is 5.80. The molecule has 136 valence electrons. The monoisotopic (exact) mass is 353 g/mol. The fourth-order valence-electron chi connectivity index (χ4n) is 2.33. The molecule has 0 atom stereocenters. The second-order valence-corrected chi connectivity index (χ2v) is 5.80. The summed E-state index contributed by atoms with van der Waals surface area (Å²) in [6, 6.07) is 18.8. The number of rotatable bonds is 9. The molecule has 3 amide bonds. The summed E-state index contributed by atoms with van der Waals surface area (Å²) >= 11 is 0. The molecule has 26 heavy (non-hydrogen) atoms. The van der Waals surface area contributed by atoms with Gasteiger partial charge in [-0.2, -0.15) is 0 Å². The van der Waals surface area contributed by atoms with E-state index in [1.807, 2.05) is 60.7 Å². The fourth-order valence-corrected chi connectivity index (χ4v) is 2.33. The maximum Gasteiger partial charge on any atom is 0.239 e. The minimum Gasteiger partial charge on any atom is -0.354 e. The highest BCUT2D eigenvalue weighted by Crippen LogP contribution is 1.99. The van der Waals surface area contributed by atoms with E-state index in [1.165, 1.54) is 0 Å². The summed E-state index contributed by atoms with van der Waals surface area (Å²) in [7, 11) is 0. The van der Waals surface area contributed by atoms with E-state index in [2.05, 4.69) is 16.0 Å². The highest BCUT2D eigenvalue weighted by atomic mass is 16.2. The molecule has 2 aromatic carbocycles. The lowest BCUT2D eigenvalue weighted by Gasteiger charge is -2.08. The molecular weight excluding hydrogens is 330 g/mol. The average Bonchev–Trinajstić information content (AvgIpc) is 2.65. The van der Waals surface area contributed by atoms with E-state index in [9.17, 15) is 14.4 Å². The Morgan fingerprint density at radius 3 is 1.50 bits per heavy atom. The van der Waals surface area contributed by atoms with Crippen LogP contribution >= 0.6 is 0 Å². The molecule has 0 saturated heterocycles. The largest absolute Gasteiger partial charge is 0.354 e. The van der Waals surface area contributed by atoms with Crippen molar-refractivity contribution in [1.29, 1.82) is 0 Å². The predicted octanol–water partition coefficient (Wildman–Crippen LogP) is 0.820. The van der Waals surface area contributed by atoms with E-state index in [0.717, 1.165) is 11.1 Å². The third-order valence-corrected chi connectivity index (χ3v) is 3.63. The minimum atomic E-state index is -0.288. The zero-order valence-corrected chi connectivity index (χ0v) is 14.5. The van der Waals surface area contributed by atoms with Crippen LogP contribution in [-0.2, 0) is 27.2 Å². The van der Waals surface area contributed by atoms with Gasteiger partial charge in [0.05, 0.1) is 19.4 Å². The van der Waals surface area contributed by atoms with E-state index < -0.39 is 0 Å². The third kappa shape index (κ3) is 7.61. The molecule has 0 bridgehead atoms. The zero-order valence-electron chi connectivity index (χ0n) is 14.5. The van der Waals surface area contributed by atoms with Crippen molar-refractivity contribution < 1.29 is 14.4 Å². The first-order valence-electron chi connectivity index (χ1n) is 8.51. The van der Waals surface area contributed by atoms with Gasteiger partial charge in [-0.1, -0.05) is 60.7 Å². The molecule has 0 saturated carbocycles. The highest BCUT2D eigenvalue weighted by molar-refractivity contribution is 5.85. The number of nitrogens with one attached hydrogen (secondary N) is 3. The molecule has 2 aromatic rings. The van der Waals surface area contributed by atoms with Gasteiger partial charge < -0.3 is 16.0 Å². The summed E-state index contributed by atoms with van der Waals surface area (Å²) in [5.74, 6) is -0.590. The zero-order chi connectivity index (χ0) is 18.6. The summed E-state index contributed by atoms with van der Waals surface area (Å²) in [6.45, 7) is 0.576. The van der Waals surface area contributed by atoms with Crippen LogP contribution in [0.3, 0.4) is 0 Å². The molecule has 0 aliphatic heterocycles. The predicted molar refractivity (Wildman–Crippen MR) is 99.3 cm³/mol. The molecule has 2 rings (SSSR count). The minimum absolute atomic E-state index is 0.0797. The molecule has 0 heterocycles. The molecule has 0 unspecified atom stereocenters. The lowest BCUT2D eigenvalue weighted by atomic mass is 10.1. The van der Waals surface area contributed by atoms with Crippen LogP contribution in [0.25, 0.3) is 0 Å². The van der Waals surface area contributed by atoms with Crippen molar-refractivity contribution in [3.8, 4) is 0 Å². The van der Waals surface area contributed by atoms with Gasteiger partial charge in [0.15, 0.2) is 0 Å². The highest BCUT2D eigenvalue weighted by Gasteiger charge is 2.06. The van der Waals surface area contributed by atoms with Crippen molar-refractivity contribution in [2.75, 3.05) is 19.6 Å². The fraction of sp³-hybridized carbons (Fsp3) is 0.250. The van der Waals surface area contributed by atoms with E-state index in [4.69, 9.17) is 0 Å². The van der Waals surface area contributed by atoms with Crippen LogP contribution in [-0.4, -0.2) is 37.4 Å². The van der Waals surface area contributed by atoms with Crippen LogP contribution in [0.5, 0.6) is 0 Å². The van der Waals surface area contributed by atoms with Crippen LogP contribution in [0, 0.1) is 0 Å². The maximum atomic E-state index is 11.8. The van der Waals surface area contributed by atoms with Crippen LogP contribution in [0.15, 0.2) is 60.7 Å². The number of amides is 3. The first-order chi connectivity index (χ1) is 12.6. The lowest BCUT2D eigenvalue weighted by Crippen LogP contribution is -2.41. The number of benzene rings is 2. The maximum absolute atomic E-state index is 11.8. The lowest BCUT2D eigenvalue weighted by molar-refractivity contribution is -0.125. The molecule has 0 aliphatic rings. The number of hydrogen-bond donors (Lipinski definition) is 3. The quantitative estimate of drug-likeness (QED) is 0.583. The molecule has 6 nitrogen and oxygen atoms in total. The Labute approximate surface area is 153 Å². The Morgan fingerprint density at radius 1 is 0.577 bits per heavy atom. The molecule has 0 radical (unpaired) electrons. The van der Waals surface area contributed by atoms with Gasteiger partial charge in [0.1, 0.15) is 0 Å². The summed E-state index contributed by atoms with van der Waals surface area (Å²) in [6.07, 6.45) is 0.550. The van der Waals surface area contributed by atoms with Gasteiger partial charge in [-0.3, -0.25) is 14.4 Å². The molecular formula is C20H23N3O3. The van der Waals surface area contributed by atoms with Crippen molar-refractivity contribution in [1.82, 2.24) is 16.0 Å². The average molecular weight is 353 g/mol. The molecule has 3 N–H and O–H groups in total. The second kappa shape index (κ2) is 10.7. The Balaban J connectivity index is 1.54. The van der Waals surface area contributed by atoms with Crippen LogP contribution < -0.4 is 16.0 Å². The van der Waals surface area contributed by atoms with Gasteiger partial charge in [0, 0.05) is 13.1 Å². The molecule has 0 spiro atoms. The Morgan fingerprint density at radius 2 is 1.00 bits per heavy atom. The van der Waals surface area contributed by atoms with Crippen molar-refractivity contribution in [2.24, 2.45) is 0 Å². The smallest absolute Gasteiger partial charge is 0.239 e. The van der Waals surface area contributed by atoms with E-state index in [1.54, 1.807) is 0 Å². The third-order valence-electron chi connectivity index (χ3n) is 3.63. The summed E-state index contributed by atoms with van der Waals surface area (Å²) in [5, 5.41) is 7.97. The number of carbonyl (C=O) groups is 3. The van der Waals surface area contributed by atoms with E-state index in [0.29, 0.717) is 19.5 Å². The van der Waals surface area contributed by atoms with Gasteiger partial charge in [-0.05, 0) is 11.1 Å². The van der Waals surface area contributed by atoms with Crippen molar-refractivity contribution in [3.05, 3.63) is 71.8 Å². The van der Waals surface area contributed by atoms with Crippen LogP contribution in [0.1, 0.15) is 11.1 Å². The van der Waals surface area contributed by atoms with Gasteiger partial charge >= 0.3 is 0 Å². The van der Waals surface area contributed by atoms with Gasteiger partial charge in [0.2, 0.25) is 17.7 Å². The van der Waals surface area contributed by atoms with Crippen molar-refractivity contribution in [3.63, 3.8) is 0 Å². The van der Waals surface area contributed by atoms with Gasteiger partial charge in [-0.15, -0.1) is 0 Å². The summed E-state index contributed by atoms with van der Waals surface area (Å²) < 4.78 is 0. The van der Waals surface area contributed by atoms with Crippen molar-refractivity contribution in [2.45, 2.75) is 12.8 Å². The standard InChI is InChI=1S/C20H23N3O3/c24-18(13-16-7-3-1-4-8-16)21-11-12-22-20(26)15-23-19(25)14-17-9-5-2-6-10-17/h1-10H,11-15H2,(H,21,24)(H,22,26)(H,23,25). The molecule has 6 heteroatoms. The first kappa shape index (κ1) is 19.2. The molecule has 0 aliphatic carbocycles. The Hall–Kier alpha value is -3.15. The first-order valence-corrected chi connectivity index (χ1v) is 8.51. The normalized spacial score (nSPS) is 10.0. The van der Waals surface area contributed by atoms with E-state index in [-0.39, 0.29) is 30.7 Å². The summed E-state index contributed by atoms with van der Waals surface area (Å²) in [5.41, 5.74) is 1.83. The molecule has 0 aromatic heterocycles. The number of hydrogen-bond acceptors (Lipinski definition) is 3.